The van der Waals surface area contributed by atoms with Gasteiger partial charge in [0.05, 0.1) is 11.4 Å². The normalized spacial score (nSPS) is 12.0. The van der Waals surface area contributed by atoms with E-state index in [4.69, 9.17) is 0 Å². The van der Waals surface area contributed by atoms with Crippen molar-refractivity contribution in [3.05, 3.63) is 71.2 Å². The summed E-state index contributed by atoms with van der Waals surface area (Å²) >= 11 is 0. The van der Waals surface area contributed by atoms with Crippen molar-refractivity contribution in [3.63, 3.8) is 0 Å². The lowest BCUT2D eigenvalue weighted by atomic mass is 10.0. The Morgan fingerprint density at radius 2 is 1.81 bits per heavy atom. The number of carbonyl (C=O) groups excluding carboxylic acids is 1. The molecule has 0 aliphatic rings. The van der Waals surface area contributed by atoms with Gasteiger partial charge in [-0.3, -0.25) is 4.79 Å². The van der Waals surface area contributed by atoms with Crippen LogP contribution in [0.4, 0.5) is 4.39 Å². The number of aromatic nitrogens is 2. The van der Waals surface area contributed by atoms with Crippen LogP contribution in [-0.4, -0.2) is 21.7 Å². The Balaban J connectivity index is 2.09. The molecule has 0 bridgehead atoms. The number of nitrogens with zero attached hydrogens (tertiary/aromatic N) is 2. The summed E-state index contributed by atoms with van der Waals surface area (Å²) in [6, 6.07) is 13.9. The Labute approximate surface area is 159 Å². The van der Waals surface area contributed by atoms with E-state index in [9.17, 15) is 9.18 Å². The van der Waals surface area contributed by atoms with Crippen molar-refractivity contribution in [2.75, 3.05) is 0 Å². The first-order chi connectivity index (χ1) is 12.9. The van der Waals surface area contributed by atoms with Crippen LogP contribution in [0.2, 0.25) is 0 Å². The van der Waals surface area contributed by atoms with E-state index in [1.165, 1.54) is 17.7 Å². The van der Waals surface area contributed by atoms with Gasteiger partial charge in [0, 0.05) is 11.6 Å². The third-order valence-electron chi connectivity index (χ3n) is 4.81. The fraction of sp³-hybridized carbons (Fsp3) is 0.273. The zero-order valence-electron chi connectivity index (χ0n) is 16.1. The van der Waals surface area contributed by atoms with E-state index >= 15 is 0 Å². The summed E-state index contributed by atoms with van der Waals surface area (Å²) in [4.78, 5) is 12.8. The molecule has 1 N–H and O–H groups in total. The molecular formula is C22H24FN3O. The van der Waals surface area contributed by atoms with Crippen LogP contribution in [-0.2, 0) is 0 Å². The van der Waals surface area contributed by atoms with Gasteiger partial charge in [0.25, 0.3) is 5.91 Å². The highest BCUT2D eigenvalue weighted by Gasteiger charge is 2.19. The van der Waals surface area contributed by atoms with Crippen LogP contribution < -0.4 is 5.32 Å². The Morgan fingerprint density at radius 1 is 1.11 bits per heavy atom. The maximum atomic E-state index is 13.3. The summed E-state index contributed by atoms with van der Waals surface area (Å²) in [5.74, 6) is -0.526. The molecule has 5 heteroatoms. The van der Waals surface area contributed by atoms with Crippen molar-refractivity contribution in [2.45, 2.75) is 40.2 Å². The molecule has 1 heterocycles. The molecule has 0 aliphatic carbocycles. The van der Waals surface area contributed by atoms with Crippen molar-refractivity contribution in [1.29, 1.82) is 0 Å². The molecule has 1 amide bonds. The predicted molar refractivity (Wildman–Crippen MR) is 106 cm³/mol. The molecule has 0 radical (unpaired) electrons. The van der Waals surface area contributed by atoms with Crippen LogP contribution >= 0.6 is 0 Å². The molecule has 0 spiro atoms. The van der Waals surface area contributed by atoms with E-state index in [2.05, 4.69) is 23.4 Å². The molecule has 1 aromatic heterocycles. The molecule has 27 heavy (non-hydrogen) atoms. The summed E-state index contributed by atoms with van der Waals surface area (Å²) in [5, 5.41) is 7.62. The average molecular weight is 365 g/mol. The monoisotopic (exact) mass is 365 g/mol. The Hall–Kier alpha value is -2.95. The van der Waals surface area contributed by atoms with Crippen molar-refractivity contribution < 1.29 is 9.18 Å². The quantitative estimate of drug-likeness (QED) is 0.704. The van der Waals surface area contributed by atoms with Gasteiger partial charge in [-0.05, 0) is 74.7 Å². The highest BCUT2D eigenvalue weighted by atomic mass is 19.1. The second-order valence-corrected chi connectivity index (χ2v) is 6.88. The number of benzene rings is 2. The number of carbonyl (C=O) groups is 1. The molecule has 0 saturated carbocycles. The van der Waals surface area contributed by atoms with Crippen LogP contribution in [0.3, 0.4) is 0 Å². The molecule has 4 nitrogen and oxygen atoms in total. The first kappa shape index (κ1) is 18.8. The largest absolute Gasteiger partial charge is 0.348 e. The molecule has 0 aliphatic heterocycles. The lowest BCUT2D eigenvalue weighted by Gasteiger charge is -2.12. The first-order valence-corrected chi connectivity index (χ1v) is 9.13. The van der Waals surface area contributed by atoms with Crippen LogP contribution in [0.15, 0.2) is 48.5 Å². The minimum absolute atomic E-state index is 0.0548. The third kappa shape index (κ3) is 4.08. The fourth-order valence-electron chi connectivity index (χ4n) is 2.76. The van der Waals surface area contributed by atoms with Gasteiger partial charge in [-0.2, -0.15) is 5.10 Å². The highest BCUT2D eigenvalue weighted by molar-refractivity contribution is 5.94. The molecule has 0 unspecified atom stereocenters. The van der Waals surface area contributed by atoms with Gasteiger partial charge >= 0.3 is 0 Å². The Bertz CT molecular complexity index is 960. The molecule has 0 saturated heterocycles. The summed E-state index contributed by atoms with van der Waals surface area (Å²) in [5.41, 5.74) is 5.07. The summed E-state index contributed by atoms with van der Waals surface area (Å²) in [7, 11) is 0. The van der Waals surface area contributed by atoms with Crippen LogP contribution in [0.25, 0.3) is 16.9 Å². The number of rotatable bonds is 5. The zero-order valence-corrected chi connectivity index (χ0v) is 16.1. The van der Waals surface area contributed by atoms with E-state index in [0.717, 1.165) is 17.5 Å². The van der Waals surface area contributed by atoms with E-state index in [-0.39, 0.29) is 17.8 Å². The minimum Gasteiger partial charge on any atom is -0.348 e. The van der Waals surface area contributed by atoms with Gasteiger partial charge in [0.1, 0.15) is 11.5 Å². The van der Waals surface area contributed by atoms with Gasteiger partial charge in [0.15, 0.2) is 0 Å². The molecule has 140 valence electrons. The molecule has 1 atom stereocenters. The molecule has 3 rings (SSSR count). The number of hydrogen-bond donors (Lipinski definition) is 1. The van der Waals surface area contributed by atoms with E-state index in [1.807, 2.05) is 32.9 Å². The standard InChI is InChI=1S/C22H24FN3O/c1-5-16(4)24-22(27)21-13-20(17-7-6-14(2)15(3)12-17)25-26(21)19-10-8-18(23)9-11-19/h6-13,16H,5H2,1-4H3,(H,24,27)/t16-/m0/s1. The van der Waals surface area contributed by atoms with Gasteiger partial charge < -0.3 is 5.32 Å². The smallest absolute Gasteiger partial charge is 0.270 e. The van der Waals surface area contributed by atoms with Crippen LogP contribution in [0.1, 0.15) is 41.9 Å². The maximum absolute atomic E-state index is 13.3. The minimum atomic E-state index is -0.328. The predicted octanol–water partition coefficient (Wildman–Crippen LogP) is 4.82. The highest BCUT2D eigenvalue weighted by Crippen LogP contribution is 2.24. The van der Waals surface area contributed by atoms with Crippen molar-refractivity contribution in [1.82, 2.24) is 15.1 Å². The van der Waals surface area contributed by atoms with E-state index in [0.29, 0.717) is 17.1 Å². The second kappa shape index (κ2) is 7.74. The Kier molecular flexibility index (Phi) is 5.40. The molecule has 2 aromatic carbocycles. The van der Waals surface area contributed by atoms with Gasteiger partial charge in [0.2, 0.25) is 0 Å². The third-order valence-corrected chi connectivity index (χ3v) is 4.81. The summed E-state index contributed by atoms with van der Waals surface area (Å²) < 4.78 is 14.9. The van der Waals surface area contributed by atoms with Gasteiger partial charge in [-0.15, -0.1) is 0 Å². The Morgan fingerprint density at radius 3 is 2.44 bits per heavy atom. The zero-order chi connectivity index (χ0) is 19.6. The van der Waals surface area contributed by atoms with Gasteiger partial charge in [-0.1, -0.05) is 19.1 Å². The molecule has 0 fully saturated rings. The van der Waals surface area contributed by atoms with Crippen LogP contribution in [0, 0.1) is 19.7 Å². The maximum Gasteiger partial charge on any atom is 0.270 e. The number of aryl methyl sites for hydroxylation is 2. The SMILES string of the molecule is CC[C@H](C)NC(=O)c1cc(-c2ccc(C)c(C)c2)nn1-c1ccc(F)cc1. The topological polar surface area (TPSA) is 46.9 Å². The molecular weight excluding hydrogens is 341 g/mol. The lowest BCUT2D eigenvalue weighted by molar-refractivity contribution is 0.0931. The fourth-order valence-corrected chi connectivity index (χ4v) is 2.76. The summed E-state index contributed by atoms with van der Waals surface area (Å²) in [6.07, 6.45) is 0.834. The van der Waals surface area contributed by atoms with Crippen molar-refractivity contribution >= 4 is 5.91 Å². The van der Waals surface area contributed by atoms with Gasteiger partial charge in [-0.25, -0.2) is 9.07 Å². The number of amides is 1. The number of hydrogen-bond acceptors (Lipinski definition) is 2. The first-order valence-electron chi connectivity index (χ1n) is 9.13. The number of nitrogens with one attached hydrogen (secondary N) is 1. The summed E-state index contributed by atoms with van der Waals surface area (Å²) in [6.45, 7) is 8.08. The van der Waals surface area contributed by atoms with Crippen molar-refractivity contribution in [2.24, 2.45) is 0 Å². The second-order valence-electron chi connectivity index (χ2n) is 6.88. The van der Waals surface area contributed by atoms with Crippen LogP contribution in [0.5, 0.6) is 0 Å². The van der Waals surface area contributed by atoms with E-state index < -0.39 is 0 Å². The average Bonchev–Trinajstić information content (AvgIpc) is 3.10. The molecule has 3 aromatic rings. The van der Waals surface area contributed by atoms with E-state index in [1.54, 1.807) is 22.9 Å². The number of halogens is 1. The van der Waals surface area contributed by atoms with Crippen molar-refractivity contribution in [3.8, 4) is 16.9 Å². The lowest BCUT2D eigenvalue weighted by Crippen LogP contribution is -2.33.